The van der Waals surface area contributed by atoms with Gasteiger partial charge in [0.05, 0.1) is 0 Å². The van der Waals surface area contributed by atoms with E-state index in [1.54, 1.807) is 0 Å². The lowest BCUT2D eigenvalue weighted by Crippen LogP contribution is -1.78. The van der Waals surface area contributed by atoms with Crippen LogP contribution in [0, 0.1) is 6.92 Å². The molecule has 0 nitrogen and oxygen atoms in total. The van der Waals surface area contributed by atoms with Gasteiger partial charge in [0.15, 0.2) is 0 Å². The van der Waals surface area contributed by atoms with Crippen molar-refractivity contribution in [3.63, 3.8) is 0 Å². The first-order chi connectivity index (χ1) is 7.82. The van der Waals surface area contributed by atoms with Gasteiger partial charge in [0.2, 0.25) is 0 Å². The van der Waals surface area contributed by atoms with Crippen LogP contribution < -0.4 is 0 Å². The predicted molar refractivity (Wildman–Crippen MR) is 80.1 cm³/mol. The van der Waals surface area contributed by atoms with Crippen LogP contribution in [0.15, 0.2) is 54.1 Å². The lowest BCUT2D eigenvalue weighted by Gasteiger charge is -1.99. The molecule has 0 radical (unpaired) electrons. The summed E-state index contributed by atoms with van der Waals surface area (Å²) in [6.07, 6.45) is 2.15. The van der Waals surface area contributed by atoms with Crippen LogP contribution in [-0.4, -0.2) is 0 Å². The van der Waals surface area contributed by atoms with Crippen molar-refractivity contribution in [1.82, 2.24) is 0 Å². The van der Waals surface area contributed by atoms with Gasteiger partial charge in [-0.25, -0.2) is 0 Å². The molecule has 0 heterocycles. The highest BCUT2D eigenvalue weighted by Gasteiger charge is 1.91. The van der Waals surface area contributed by atoms with Gasteiger partial charge in [-0.3, -0.25) is 0 Å². The van der Waals surface area contributed by atoms with E-state index in [0.717, 1.165) is 5.57 Å². The topological polar surface area (TPSA) is 0 Å². The fourth-order valence-corrected chi connectivity index (χ4v) is 1.04. The minimum atomic E-state index is 1.13. The van der Waals surface area contributed by atoms with E-state index in [9.17, 15) is 0 Å². The number of hydrogen-bond acceptors (Lipinski definition) is 0. The monoisotopic (exact) mass is 228 g/mol. The molecule has 0 bridgehead atoms. The zero-order chi connectivity index (χ0) is 13.4. The largest absolute Gasteiger partial charge is 0.100 e. The third-order valence-electron chi connectivity index (χ3n) is 2.13. The molecule has 0 unspecified atom stereocenters. The van der Waals surface area contributed by atoms with E-state index >= 15 is 0 Å². The molecule has 0 aromatic heterocycles. The Hall–Kier alpha value is -1.56. The second-order valence-electron chi connectivity index (χ2n) is 4.73. The van der Waals surface area contributed by atoms with Crippen LogP contribution in [0.5, 0.6) is 0 Å². The van der Waals surface area contributed by atoms with Gasteiger partial charge >= 0.3 is 0 Å². The normalized spacial score (nSPS) is 10.3. The highest BCUT2D eigenvalue weighted by Crippen LogP contribution is 2.12. The fourth-order valence-electron chi connectivity index (χ4n) is 1.04. The van der Waals surface area contributed by atoms with Crippen molar-refractivity contribution in [1.29, 1.82) is 0 Å². The van der Waals surface area contributed by atoms with Crippen LogP contribution >= 0.6 is 0 Å². The summed E-state index contributed by atoms with van der Waals surface area (Å²) in [6.45, 7) is 17.6. The summed E-state index contributed by atoms with van der Waals surface area (Å²) in [7, 11) is 0. The lowest BCUT2D eigenvalue weighted by molar-refractivity contribution is 1.38. The molecule has 0 atom stereocenters. The third-order valence-corrected chi connectivity index (χ3v) is 2.13. The molecule has 0 aliphatic heterocycles. The quantitative estimate of drug-likeness (QED) is 0.459. The molecule has 0 fully saturated rings. The van der Waals surface area contributed by atoms with Crippen molar-refractivity contribution >= 4 is 6.08 Å². The van der Waals surface area contributed by atoms with Gasteiger partial charge in [-0.2, -0.15) is 0 Å². The van der Waals surface area contributed by atoms with Gasteiger partial charge in [-0.15, -0.1) is 6.58 Å². The van der Waals surface area contributed by atoms with Crippen molar-refractivity contribution < 1.29 is 0 Å². The van der Waals surface area contributed by atoms with Crippen molar-refractivity contribution in [2.45, 2.75) is 34.6 Å². The van der Waals surface area contributed by atoms with Gasteiger partial charge in [0.25, 0.3) is 0 Å². The van der Waals surface area contributed by atoms with Gasteiger partial charge in [0, 0.05) is 0 Å². The Morgan fingerprint density at radius 2 is 1.35 bits per heavy atom. The Labute approximate surface area is 106 Å². The highest BCUT2D eigenvalue weighted by atomic mass is 14.0. The zero-order valence-corrected chi connectivity index (χ0v) is 11.8. The van der Waals surface area contributed by atoms with Gasteiger partial charge in [-0.1, -0.05) is 53.6 Å². The average molecular weight is 228 g/mol. The van der Waals surface area contributed by atoms with E-state index in [1.165, 1.54) is 22.3 Å². The first-order valence-corrected chi connectivity index (χ1v) is 5.86. The Balaban J connectivity index is 0.000000557. The summed E-state index contributed by atoms with van der Waals surface area (Å²) in [5.74, 6) is 0. The van der Waals surface area contributed by atoms with Crippen molar-refractivity contribution in [3.05, 3.63) is 65.3 Å². The second-order valence-corrected chi connectivity index (χ2v) is 4.73. The van der Waals surface area contributed by atoms with Crippen molar-refractivity contribution in [2.24, 2.45) is 0 Å². The van der Waals surface area contributed by atoms with Gasteiger partial charge in [-0.05, 0) is 45.8 Å². The van der Waals surface area contributed by atoms with E-state index in [0.29, 0.717) is 0 Å². The molecular weight excluding hydrogens is 204 g/mol. The molecule has 92 valence electrons. The van der Waals surface area contributed by atoms with Crippen LogP contribution in [0.3, 0.4) is 0 Å². The molecule has 17 heavy (non-hydrogen) atoms. The summed E-state index contributed by atoms with van der Waals surface area (Å²) in [5.41, 5.74) is 6.07. The van der Waals surface area contributed by atoms with Crippen molar-refractivity contribution in [3.8, 4) is 0 Å². The maximum absolute atomic E-state index is 3.90. The molecule has 0 saturated carbocycles. The Morgan fingerprint density at radius 3 is 1.71 bits per heavy atom. The van der Waals surface area contributed by atoms with Crippen molar-refractivity contribution in [2.75, 3.05) is 0 Å². The van der Waals surface area contributed by atoms with Gasteiger partial charge < -0.3 is 0 Å². The minimum absolute atomic E-state index is 1.13. The summed E-state index contributed by atoms with van der Waals surface area (Å²) in [5, 5.41) is 0. The van der Waals surface area contributed by atoms with Crippen LogP contribution in [0.1, 0.15) is 38.8 Å². The van der Waals surface area contributed by atoms with E-state index < -0.39 is 0 Å². The lowest BCUT2D eigenvalue weighted by atomic mass is 10.1. The smallest absolute Gasteiger partial charge is 0.0254 e. The third kappa shape index (κ3) is 8.27. The van der Waals surface area contributed by atoms with Crippen LogP contribution in [0.25, 0.3) is 6.08 Å². The first-order valence-electron chi connectivity index (χ1n) is 5.86. The molecule has 1 aromatic rings. The first kappa shape index (κ1) is 15.4. The number of benzene rings is 1. The number of rotatable bonds is 2. The number of allylic oxidation sites excluding steroid dienone is 3. The molecule has 1 aromatic carbocycles. The Kier molecular flexibility index (Phi) is 6.97. The molecule has 0 saturated heterocycles. The van der Waals surface area contributed by atoms with E-state index in [4.69, 9.17) is 0 Å². The Bertz CT molecular complexity index is 398. The van der Waals surface area contributed by atoms with Gasteiger partial charge in [0.1, 0.15) is 0 Å². The molecule has 1 rings (SSSR count). The molecule has 0 spiro atoms. The van der Waals surface area contributed by atoms with E-state index in [2.05, 4.69) is 57.3 Å². The molecule has 0 heteroatoms. The Morgan fingerprint density at radius 1 is 0.941 bits per heavy atom. The predicted octanol–water partition coefficient (Wildman–Crippen LogP) is 5.56. The summed E-state index contributed by atoms with van der Waals surface area (Å²) in [6, 6.07) is 8.50. The van der Waals surface area contributed by atoms with E-state index in [1.807, 2.05) is 20.8 Å². The van der Waals surface area contributed by atoms with Crippen LogP contribution in [0.4, 0.5) is 0 Å². The molecule has 0 aliphatic rings. The fraction of sp³-hybridized carbons (Fsp3) is 0.294. The second kappa shape index (κ2) is 7.67. The molecule has 0 N–H and O–H groups in total. The molecular formula is C17H24. The maximum Gasteiger partial charge on any atom is -0.0254 e. The average Bonchev–Trinajstić information content (AvgIpc) is 2.20. The minimum Gasteiger partial charge on any atom is -0.100 e. The van der Waals surface area contributed by atoms with Crippen LogP contribution in [0.2, 0.25) is 0 Å². The highest BCUT2D eigenvalue weighted by molar-refractivity contribution is 5.57. The number of aryl methyl sites for hydroxylation is 1. The van der Waals surface area contributed by atoms with Crippen LogP contribution in [-0.2, 0) is 0 Å². The zero-order valence-electron chi connectivity index (χ0n) is 11.8. The SMILES string of the molecule is C=C(C)/C(C)=C/c1ccc(C)cc1.C=C(C)C. The standard InChI is InChI=1S/C13H16.C4H8/c1-10(2)12(4)9-13-7-5-11(3)6-8-13;1-4(2)3/h5-9H,1H2,2-4H3;1H2,2-3H3/b12-9+;. The summed E-state index contributed by atoms with van der Waals surface area (Å²) in [4.78, 5) is 0. The molecule has 0 aliphatic carbocycles. The van der Waals surface area contributed by atoms with E-state index in [-0.39, 0.29) is 0 Å². The summed E-state index contributed by atoms with van der Waals surface area (Å²) >= 11 is 0. The maximum atomic E-state index is 3.90. The molecule has 0 amide bonds. The summed E-state index contributed by atoms with van der Waals surface area (Å²) < 4.78 is 0. The number of hydrogen-bond donors (Lipinski definition) is 0.